The van der Waals surface area contributed by atoms with Gasteiger partial charge in [0.05, 0.1) is 6.54 Å². The molecule has 0 atom stereocenters. The number of imidazole rings is 1. The summed E-state index contributed by atoms with van der Waals surface area (Å²) in [5.41, 5.74) is -11.2. The molecule has 0 saturated heterocycles. The number of rotatable bonds is 13. The maximum absolute atomic E-state index is 11.4. The Morgan fingerprint density at radius 3 is 1.68 bits per heavy atom. The maximum Gasteiger partial charge on any atom is 0.480 e. The van der Waals surface area contributed by atoms with Crippen molar-refractivity contribution >= 4 is 20.0 Å². The molecule has 212 valence electrons. The van der Waals surface area contributed by atoms with Crippen molar-refractivity contribution in [3.8, 4) is 5.69 Å². The number of hydrogen-bond acceptors (Lipinski definition) is 4. The number of halogens is 6. The van der Waals surface area contributed by atoms with E-state index < -0.39 is 31.1 Å². The van der Waals surface area contributed by atoms with Crippen LogP contribution < -0.4 is 4.57 Å². The number of nitrogens with zero attached hydrogens (tertiary/aromatic N) is 3. The zero-order chi connectivity index (χ0) is 28.2. The van der Waals surface area contributed by atoms with Crippen LogP contribution in [0.25, 0.3) is 9.81 Å². The van der Waals surface area contributed by atoms with Crippen molar-refractivity contribution in [3.63, 3.8) is 0 Å². The molecule has 0 bridgehead atoms. The zero-order valence-corrected chi connectivity index (χ0v) is 21.9. The first-order valence-electron chi connectivity index (χ1n) is 11.6. The van der Waals surface area contributed by atoms with Gasteiger partial charge in [-0.25, -0.2) is 26.0 Å². The van der Waals surface area contributed by atoms with Gasteiger partial charge in [0.15, 0.2) is 20.0 Å². The van der Waals surface area contributed by atoms with Crippen LogP contribution in [0.1, 0.15) is 64.7 Å². The Bertz CT molecular complexity index is 1090. The van der Waals surface area contributed by atoms with Crippen molar-refractivity contribution in [2.75, 3.05) is 0 Å². The Morgan fingerprint density at radius 1 is 0.757 bits per heavy atom. The minimum atomic E-state index is -6.72. The molecule has 15 heteroatoms. The Morgan fingerprint density at radius 2 is 1.22 bits per heavy atom. The van der Waals surface area contributed by atoms with Gasteiger partial charge in [-0.1, -0.05) is 70.1 Å². The molecule has 1 heterocycles. The lowest BCUT2D eigenvalue weighted by Gasteiger charge is -2.22. The molecule has 0 unspecified atom stereocenters. The fraction of sp³-hybridized carbons (Fsp3) is 0.591. The average Bonchev–Trinajstić information content (AvgIpc) is 3.26. The minimum absolute atomic E-state index is 0.778. The SMILES string of the molecule is CCCCCCCCCCC[n+]1ccn(-c2ccccc2)c1.O=S(=O)([N-]S(=O)(=O)C(F)(F)F)C(F)(F)F. The number of para-hydroxylation sites is 1. The largest absolute Gasteiger partial charge is 0.480 e. The lowest BCUT2D eigenvalue weighted by atomic mass is 10.1. The van der Waals surface area contributed by atoms with Crippen LogP contribution in [0.15, 0.2) is 49.1 Å². The van der Waals surface area contributed by atoms with Gasteiger partial charge >= 0.3 is 11.0 Å². The zero-order valence-electron chi connectivity index (χ0n) is 20.2. The van der Waals surface area contributed by atoms with Crippen LogP contribution >= 0.6 is 0 Å². The monoisotopic (exact) mass is 579 g/mol. The number of sulfonamides is 2. The van der Waals surface area contributed by atoms with E-state index >= 15 is 0 Å². The van der Waals surface area contributed by atoms with E-state index in [0.29, 0.717) is 0 Å². The van der Waals surface area contributed by atoms with Gasteiger partial charge in [-0.15, -0.1) is 0 Å². The molecule has 0 aliphatic rings. The van der Waals surface area contributed by atoms with Crippen LogP contribution in [0, 0.1) is 0 Å². The molecule has 0 radical (unpaired) electrons. The summed E-state index contributed by atoms with van der Waals surface area (Å²) in [4.78, 5) is 0. The van der Waals surface area contributed by atoms with Crippen LogP contribution in [0.2, 0.25) is 0 Å². The Kier molecular flexibility index (Phi) is 13.1. The average molecular weight is 580 g/mol. The molecule has 0 fully saturated rings. The van der Waals surface area contributed by atoms with E-state index in [2.05, 4.69) is 65.1 Å². The second-order valence-electron chi connectivity index (χ2n) is 8.14. The van der Waals surface area contributed by atoms with Crippen molar-refractivity contribution < 1.29 is 47.7 Å². The molecule has 7 nitrogen and oxygen atoms in total. The van der Waals surface area contributed by atoms with E-state index in [1.165, 1.54) is 63.5 Å². The van der Waals surface area contributed by atoms with Crippen LogP contribution in [0.3, 0.4) is 0 Å². The molecule has 1 aromatic carbocycles. The Labute approximate surface area is 213 Å². The summed E-state index contributed by atoms with van der Waals surface area (Å²) < 4.78 is 114. The highest BCUT2D eigenvalue weighted by molar-refractivity contribution is 8.13. The fourth-order valence-electron chi connectivity index (χ4n) is 3.10. The van der Waals surface area contributed by atoms with Gasteiger partial charge in [-0.2, -0.15) is 26.3 Å². The van der Waals surface area contributed by atoms with Crippen molar-refractivity contribution in [1.82, 2.24) is 4.57 Å². The first kappa shape index (κ1) is 32.9. The highest BCUT2D eigenvalue weighted by Crippen LogP contribution is 2.36. The van der Waals surface area contributed by atoms with Gasteiger partial charge in [-0.3, -0.25) is 0 Å². The summed E-state index contributed by atoms with van der Waals surface area (Å²) in [7, 11) is -13.4. The molecule has 1 aromatic heterocycles. The maximum atomic E-state index is 11.4. The highest BCUT2D eigenvalue weighted by Gasteiger charge is 2.46. The van der Waals surface area contributed by atoms with E-state index in [-0.39, 0.29) is 0 Å². The third-order valence-electron chi connectivity index (χ3n) is 5.05. The number of hydrogen-bond donors (Lipinski definition) is 0. The second-order valence-corrected chi connectivity index (χ2v) is 11.6. The van der Waals surface area contributed by atoms with Crippen molar-refractivity contribution in [3.05, 3.63) is 53.2 Å². The lowest BCUT2D eigenvalue weighted by Crippen LogP contribution is -2.30. The van der Waals surface area contributed by atoms with Crippen LogP contribution in [-0.4, -0.2) is 32.4 Å². The molecule has 0 aliphatic carbocycles. The lowest BCUT2D eigenvalue weighted by molar-refractivity contribution is -0.696. The number of unbranched alkanes of at least 4 members (excludes halogenated alkanes) is 8. The standard InChI is InChI=1S/C20H31N2.C2F6NO4S2/c1-2-3-4-5-6-7-8-9-13-16-21-17-18-22(19-21)20-14-11-10-12-15-20;3-1(4,5)14(10,11)9-15(12,13)2(6,7)8/h10-12,14-15,17-19H,2-9,13,16H2,1H3;/q+1;-1. The van der Waals surface area contributed by atoms with Gasteiger partial charge in [0.2, 0.25) is 6.33 Å². The number of aryl methyl sites for hydroxylation is 1. The molecular formula is C22H31F6N3O4S2. The van der Waals surface area contributed by atoms with E-state index in [4.69, 9.17) is 0 Å². The number of aromatic nitrogens is 2. The molecule has 2 rings (SSSR count). The fourth-order valence-corrected chi connectivity index (χ4v) is 4.81. The molecule has 0 saturated carbocycles. The predicted octanol–water partition coefficient (Wildman–Crippen LogP) is 6.35. The number of alkyl halides is 6. The summed E-state index contributed by atoms with van der Waals surface area (Å²) in [6.45, 7) is 3.42. The third kappa shape index (κ3) is 11.9. The van der Waals surface area contributed by atoms with Gasteiger partial charge in [0.1, 0.15) is 18.1 Å². The van der Waals surface area contributed by atoms with E-state index in [0.717, 1.165) is 10.7 Å². The summed E-state index contributed by atoms with van der Waals surface area (Å²) in [5, 5.41) is 0. The highest BCUT2D eigenvalue weighted by atomic mass is 32.3. The van der Waals surface area contributed by atoms with Gasteiger partial charge in [0.25, 0.3) is 0 Å². The van der Waals surface area contributed by atoms with Crippen LogP contribution in [0.4, 0.5) is 26.3 Å². The van der Waals surface area contributed by atoms with Crippen LogP contribution in [-0.2, 0) is 26.6 Å². The third-order valence-corrected chi connectivity index (χ3v) is 7.79. The summed E-state index contributed by atoms with van der Waals surface area (Å²) >= 11 is 0. The van der Waals surface area contributed by atoms with Crippen LogP contribution in [0.5, 0.6) is 0 Å². The quantitative estimate of drug-likeness (QED) is 0.157. The molecule has 0 aliphatic heterocycles. The molecular weight excluding hydrogens is 548 g/mol. The molecule has 37 heavy (non-hydrogen) atoms. The first-order chi connectivity index (χ1) is 17.1. The van der Waals surface area contributed by atoms with Gasteiger partial charge in [0, 0.05) is 0 Å². The van der Waals surface area contributed by atoms with Crippen molar-refractivity contribution in [1.29, 1.82) is 0 Å². The van der Waals surface area contributed by atoms with E-state index in [1.807, 2.05) is 0 Å². The van der Waals surface area contributed by atoms with Crippen molar-refractivity contribution in [2.45, 2.75) is 82.3 Å². The Balaban J connectivity index is 0.000000401. The molecule has 0 N–H and O–H groups in total. The molecule has 0 spiro atoms. The minimum Gasteiger partial charge on any atom is -0.421 e. The first-order valence-corrected chi connectivity index (χ1v) is 14.5. The second kappa shape index (κ2) is 14.7. The summed E-state index contributed by atoms with van der Waals surface area (Å²) in [5.74, 6) is 0. The van der Waals surface area contributed by atoms with Crippen molar-refractivity contribution in [2.24, 2.45) is 0 Å². The smallest absolute Gasteiger partial charge is 0.421 e. The molecule has 0 amide bonds. The Hall–Kier alpha value is -2.13. The summed E-state index contributed by atoms with van der Waals surface area (Å²) in [6.07, 6.45) is 19.0. The number of benzene rings is 1. The van der Waals surface area contributed by atoms with Gasteiger partial charge < -0.3 is 4.13 Å². The molecule has 2 aromatic rings. The predicted molar refractivity (Wildman–Crippen MR) is 126 cm³/mol. The topological polar surface area (TPSA) is 91.2 Å². The van der Waals surface area contributed by atoms with E-state index in [1.54, 1.807) is 0 Å². The normalized spacial score (nSPS) is 12.7. The summed E-state index contributed by atoms with van der Waals surface area (Å²) in [6, 6.07) is 10.5. The van der Waals surface area contributed by atoms with Gasteiger partial charge in [-0.05, 0) is 25.0 Å². The van der Waals surface area contributed by atoms with E-state index in [9.17, 15) is 43.2 Å².